The summed E-state index contributed by atoms with van der Waals surface area (Å²) in [6, 6.07) is 11.7. The first-order chi connectivity index (χ1) is 11.3. The molecule has 4 bridgehead atoms. The third kappa shape index (κ3) is 2.85. The van der Waals surface area contributed by atoms with Crippen LogP contribution in [0.5, 0.6) is 0 Å². The Bertz CT molecular complexity index is 517. The molecule has 2 N–H and O–H groups in total. The zero-order valence-corrected chi connectivity index (χ0v) is 14.1. The van der Waals surface area contributed by atoms with Crippen LogP contribution in [0, 0.1) is 17.8 Å². The molecule has 2 atom stereocenters. The van der Waals surface area contributed by atoms with Crippen molar-refractivity contribution in [2.75, 3.05) is 13.1 Å². The van der Waals surface area contributed by atoms with E-state index in [9.17, 15) is 0 Å². The molecule has 1 aromatic rings. The van der Waals surface area contributed by atoms with Gasteiger partial charge >= 0.3 is 0 Å². The number of hydrogen-bond donors (Lipinski definition) is 2. The summed E-state index contributed by atoms with van der Waals surface area (Å²) in [6.45, 7) is 2.29. The lowest BCUT2D eigenvalue weighted by Gasteiger charge is -2.57. The van der Waals surface area contributed by atoms with Gasteiger partial charge in [-0.15, -0.1) is 0 Å². The van der Waals surface area contributed by atoms with Crippen molar-refractivity contribution < 1.29 is 0 Å². The van der Waals surface area contributed by atoms with Crippen LogP contribution in [-0.4, -0.2) is 24.7 Å². The van der Waals surface area contributed by atoms with Gasteiger partial charge in [0.2, 0.25) is 0 Å². The molecule has 5 fully saturated rings. The van der Waals surface area contributed by atoms with Crippen molar-refractivity contribution >= 4 is 0 Å². The summed E-state index contributed by atoms with van der Waals surface area (Å²) < 4.78 is 0. The van der Waals surface area contributed by atoms with Crippen LogP contribution < -0.4 is 10.6 Å². The van der Waals surface area contributed by atoms with Gasteiger partial charge in [0.05, 0.1) is 0 Å². The SMILES string of the molecule is c1ccc([C@@H]2C[C@H]2NCCNC23CC4CC(CC(C4)C2)C3)cc1. The monoisotopic (exact) mass is 310 g/mol. The van der Waals surface area contributed by atoms with Gasteiger partial charge in [0.1, 0.15) is 0 Å². The number of nitrogens with one attached hydrogen (secondary N) is 2. The highest BCUT2D eigenvalue weighted by molar-refractivity contribution is 5.27. The van der Waals surface area contributed by atoms with E-state index in [1.54, 1.807) is 19.3 Å². The third-order valence-corrected chi connectivity index (χ3v) is 7.09. The van der Waals surface area contributed by atoms with Crippen LogP contribution in [0.15, 0.2) is 30.3 Å². The molecule has 5 aliphatic rings. The average Bonchev–Trinajstić information content (AvgIpc) is 3.31. The molecule has 0 amide bonds. The van der Waals surface area contributed by atoms with Gasteiger partial charge in [-0.05, 0) is 68.3 Å². The minimum absolute atomic E-state index is 0.527. The molecule has 0 aliphatic heterocycles. The lowest BCUT2D eigenvalue weighted by molar-refractivity contribution is -0.0192. The zero-order chi connectivity index (χ0) is 15.3. The van der Waals surface area contributed by atoms with Crippen LogP contribution in [-0.2, 0) is 0 Å². The zero-order valence-electron chi connectivity index (χ0n) is 14.1. The molecule has 0 saturated heterocycles. The maximum Gasteiger partial charge on any atom is 0.0190 e. The second-order valence-electron chi connectivity index (χ2n) is 8.94. The van der Waals surface area contributed by atoms with Gasteiger partial charge in [0.15, 0.2) is 0 Å². The van der Waals surface area contributed by atoms with E-state index >= 15 is 0 Å². The van der Waals surface area contributed by atoms with Gasteiger partial charge in [-0.2, -0.15) is 0 Å². The molecule has 5 aliphatic carbocycles. The highest BCUT2D eigenvalue weighted by Gasteiger charge is 2.50. The standard InChI is InChI=1S/C21H30N2/c1-2-4-18(5-3-1)19-11-20(19)22-6-7-23-21-12-15-8-16(13-21)10-17(9-15)14-21/h1-5,15-17,19-20,22-23H,6-14H2/t15?,16?,17?,19-,20+,21?/m0/s1. The van der Waals surface area contributed by atoms with E-state index in [0.717, 1.165) is 42.8 Å². The molecular formula is C21H30N2. The fourth-order valence-electron chi connectivity index (χ4n) is 6.40. The van der Waals surface area contributed by atoms with Crippen molar-refractivity contribution in [2.24, 2.45) is 17.8 Å². The predicted octanol–water partition coefficient (Wildman–Crippen LogP) is 3.69. The largest absolute Gasteiger partial charge is 0.312 e. The van der Waals surface area contributed by atoms with Crippen LogP contribution in [0.1, 0.15) is 56.4 Å². The highest BCUT2D eigenvalue weighted by Crippen LogP contribution is 2.55. The van der Waals surface area contributed by atoms with E-state index in [1.807, 2.05) is 0 Å². The molecule has 2 heteroatoms. The van der Waals surface area contributed by atoms with Crippen molar-refractivity contribution in [3.05, 3.63) is 35.9 Å². The van der Waals surface area contributed by atoms with Gasteiger partial charge in [0.25, 0.3) is 0 Å². The molecule has 0 spiro atoms. The summed E-state index contributed by atoms with van der Waals surface area (Å²) in [5, 5.41) is 7.78. The van der Waals surface area contributed by atoms with E-state index in [2.05, 4.69) is 41.0 Å². The van der Waals surface area contributed by atoms with Gasteiger partial charge < -0.3 is 10.6 Å². The molecule has 0 radical (unpaired) electrons. The summed E-state index contributed by atoms with van der Waals surface area (Å²) in [6.07, 6.45) is 10.3. The Hall–Kier alpha value is -0.860. The molecule has 0 heterocycles. The Balaban J connectivity index is 1.09. The first kappa shape index (κ1) is 14.5. The van der Waals surface area contributed by atoms with Gasteiger partial charge in [-0.25, -0.2) is 0 Å². The molecule has 0 unspecified atom stereocenters. The fraction of sp³-hybridized carbons (Fsp3) is 0.714. The van der Waals surface area contributed by atoms with Gasteiger partial charge in [-0.3, -0.25) is 0 Å². The normalized spacial score (nSPS) is 43.7. The van der Waals surface area contributed by atoms with E-state index < -0.39 is 0 Å². The molecular weight excluding hydrogens is 280 g/mol. The topological polar surface area (TPSA) is 24.1 Å². The predicted molar refractivity (Wildman–Crippen MR) is 94.5 cm³/mol. The smallest absolute Gasteiger partial charge is 0.0190 e. The summed E-state index contributed by atoms with van der Waals surface area (Å²) in [5.74, 6) is 3.91. The Morgan fingerprint density at radius 1 is 0.826 bits per heavy atom. The number of benzene rings is 1. The molecule has 23 heavy (non-hydrogen) atoms. The van der Waals surface area contributed by atoms with E-state index in [1.165, 1.54) is 31.2 Å². The molecule has 0 aromatic heterocycles. The maximum absolute atomic E-state index is 4.00. The molecule has 6 rings (SSSR count). The van der Waals surface area contributed by atoms with Gasteiger partial charge in [-0.1, -0.05) is 30.3 Å². The van der Waals surface area contributed by atoms with Crippen LogP contribution in [0.4, 0.5) is 0 Å². The summed E-state index contributed by atoms with van der Waals surface area (Å²) in [7, 11) is 0. The Labute approximate surface area is 140 Å². The Morgan fingerprint density at radius 3 is 2.13 bits per heavy atom. The van der Waals surface area contributed by atoms with Crippen molar-refractivity contribution in [2.45, 2.75) is 62.4 Å². The van der Waals surface area contributed by atoms with E-state index in [0.29, 0.717) is 5.54 Å². The summed E-state index contributed by atoms with van der Waals surface area (Å²) in [5.41, 5.74) is 2.04. The first-order valence-electron chi connectivity index (χ1n) is 9.83. The molecule has 1 aromatic carbocycles. The minimum Gasteiger partial charge on any atom is -0.312 e. The van der Waals surface area contributed by atoms with Crippen LogP contribution in [0.3, 0.4) is 0 Å². The maximum atomic E-state index is 4.00. The van der Waals surface area contributed by atoms with Crippen molar-refractivity contribution in [3.8, 4) is 0 Å². The third-order valence-electron chi connectivity index (χ3n) is 7.09. The van der Waals surface area contributed by atoms with Crippen LogP contribution in [0.2, 0.25) is 0 Å². The van der Waals surface area contributed by atoms with Crippen molar-refractivity contribution in [1.82, 2.24) is 10.6 Å². The number of rotatable bonds is 6. The Morgan fingerprint density at radius 2 is 1.48 bits per heavy atom. The molecule has 124 valence electrons. The molecule has 5 saturated carbocycles. The molecule has 2 nitrogen and oxygen atoms in total. The average molecular weight is 310 g/mol. The second-order valence-corrected chi connectivity index (χ2v) is 8.94. The van der Waals surface area contributed by atoms with E-state index in [4.69, 9.17) is 0 Å². The Kier molecular flexibility index (Phi) is 3.52. The fourth-order valence-corrected chi connectivity index (χ4v) is 6.40. The lowest BCUT2D eigenvalue weighted by Crippen LogP contribution is -2.59. The van der Waals surface area contributed by atoms with Crippen LogP contribution in [0.25, 0.3) is 0 Å². The summed E-state index contributed by atoms with van der Waals surface area (Å²) in [4.78, 5) is 0. The quantitative estimate of drug-likeness (QED) is 0.783. The van der Waals surface area contributed by atoms with Crippen molar-refractivity contribution in [3.63, 3.8) is 0 Å². The number of hydrogen-bond acceptors (Lipinski definition) is 2. The van der Waals surface area contributed by atoms with E-state index in [-0.39, 0.29) is 0 Å². The first-order valence-corrected chi connectivity index (χ1v) is 9.83. The van der Waals surface area contributed by atoms with Crippen molar-refractivity contribution in [1.29, 1.82) is 0 Å². The minimum atomic E-state index is 0.527. The summed E-state index contributed by atoms with van der Waals surface area (Å²) >= 11 is 0. The van der Waals surface area contributed by atoms with Gasteiger partial charge in [0, 0.05) is 30.6 Å². The second kappa shape index (κ2) is 5.60. The van der Waals surface area contributed by atoms with Crippen LogP contribution >= 0.6 is 0 Å². The highest BCUT2D eigenvalue weighted by atomic mass is 15.0. The lowest BCUT2D eigenvalue weighted by atomic mass is 9.53.